The first-order valence-corrected chi connectivity index (χ1v) is 8.85. The smallest absolute Gasteiger partial charge is 0.259 e. The highest BCUT2D eigenvalue weighted by Crippen LogP contribution is 2.27. The summed E-state index contributed by atoms with van der Waals surface area (Å²) in [5, 5.41) is 5.52. The van der Waals surface area contributed by atoms with Gasteiger partial charge in [-0.25, -0.2) is 4.52 Å². The number of hydrogen-bond donors (Lipinski definition) is 1. The first kappa shape index (κ1) is 15.4. The number of aromatic amines is 1. The van der Waals surface area contributed by atoms with Crippen molar-refractivity contribution in [2.24, 2.45) is 5.92 Å². The summed E-state index contributed by atoms with van der Waals surface area (Å²) in [5.41, 5.74) is 2.71. The van der Waals surface area contributed by atoms with E-state index in [9.17, 15) is 4.79 Å². The molecule has 1 atom stereocenters. The Bertz CT molecular complexity index is 924. The van der Waals surface area contributed by atoms with Crippen LogP contribution in [0, 0.1) is 5.92 Å². The molecule has 0 bridgehead atoms. The predicted molar refractivity (Wildman–Crippen MR) is 96.6 cm³/mol. The van der Waals surface area contributed by atoms with Crippen molar-refractivity contribution >= 4 is 16.6 Å². The molecule has 1 unspecified atom stereocenters. The maximum absolute atomic E-state index is 12.2. The number of rotatable bonds is 3. The maximum Gasteiger partial charge on any atom is 0.259 e. The molecule has 24 heavy (non-hydrogen) atoms. The minimum atomic E-state index is -0.0466. The van der Waals surface area contributed by atoms with Gasteiger partial charge in [0.1, 0.15) is 5.65 Å². The van der Waals surface area contributed by atoms with E-state index < -0.39 is 0 Å². The van der Waals surface area contributed by atoms with Gasteiger partial charge in [0.05, 0.1) is 16.6 Å². The third-order valence-electron chi connectivity index (χ3n) is 4.89. The minimum Gasteiger partial charge on any atom is -0.306 e. The fourth-order valence-corrected chi connectivity index (χ4v) is 3.88. The van der Waals surface area contributed by atoms with Gasteiger partial charge in [-0.2, -0.15) is 5.10 Å². The van der Waals surface area contributed by atoms with Crippen molar-refractivity contribution in [2.45, 2.75) is 32.6 Å². The van der Waals surface area contributed by atoms with Crippen molar-refractivity contribution in [3.8, 4) is 0 Å². The number of nitrogens with zero attached hydrogens (tertiary/aromatic N) is 3. The zero-order valence-electron chi connectivity index (χ0n) is 14.3. The molecule has 4 rings (SSSR count). The molecule has 3 aromatic rings. The first-order chi connectivity index (χ1) is 11.6. The fourth-order valence-electron chi connectivity index (χ4n) is 3.88. The molecule has 0 aliphatic carbocycles. The van der Waals surface area contributed by atoms with Crippen LogP contribution < -0.4 is 5.56 Å². The van der Waals surface area contributed by atoms with E-state index in [0.29, 0.717) is 17.2 Å². The van der Waals surface area contributed by atoms with E-state index in [4.69, 9.17) is 5.10 Å². The summed E-state index contributed by atoms with van der Waals surface area (Å²) in [6.45, 7) is 7.92. The summed E-state index contributed by atoms with van der Waals surface area (Å²) in [5.74, 6) is 1.13. The van der Waals surface area contributed by atoms with E-state index in [0.717, 1.165) is 29.9 Å². The summed E-state index contributed by atoms with van der Waals surface area (Å²) < 4.78 is 1.88. The maximum atomic E-state index is 12.2. The molecule has 1 fully saturated rings. The molecule has 5 nitrogen and oxygen atoms in total. The highest BCUT2D eigenvalue weighted by molar-refractivity contribution is 5.80. The number of fused-ring (bicyclic) bond motifs is 3. The lowest BCUT2D eigenvalue weighted by atomic mass is 9.94. The molecule has 1 aliphatic heterocycles. The number of likely N-dealkylation sites (tertiary alicyclic amines) is 1. The largest absolute Gasteiger partial charge is 0.306 e. The van der Waals surface area contributed by atoms with Crippen molar-refractivity contribution < 1.29 is 0 Å². The summed E-state index contributed by atoms with van der Waals surface area (Å²) >= 11 is 0. The Kier molecular flexibility index (Phi) is 3.88. The molecule has 5 heteroatoms. The van der Waals surface area contributed by atoms with Gasteiger partial charge >= 0.3 is 0 Å². The minimum absolute atomic E-state index is 0.0466. The highest BCUT2D eigenvalue weighted by Gasteiger charge is 2.24. The molecule has 0 amide bonds. The van der Waals surface area contributed by atoms with Crippen LogP contribution in [0.4, 0.5) is 0 Å². The average Bonchev–Trinajstić information content (AvgIpc) is 2.99. The normalized spacial score (nSPS) is 19.5. The van der Waals surface area contributed by atoms with Crippen LogP contribution in [0.15, 0.2) is 35.1 Å². The van der Waals surface area contributed by atoms with E-state index in [1.807, 2.05) is 28.8 Å². The summed E-state index contributed by atoms with van der Waals surface area (Å²) in [4.78, 5) is 17.8. The second-order valence-electron chi connectivity index (χ2n) is 7.33. The van der Waals surface area contributed by atoms with Gasteiger partial charge in [0.25, 0.3) is 5.56 Å². The number of nitrogens with one attached hydrogen (secondary N) is 1. The van der Waals surface area contributed by atoms with Crippen molar-refractivity contribution in [3.05, 3.63) is 46.4 Å². The number of H-pyrrole nitrogens is 1. The second kappa shape index (κ2) is 6.06. The molecular formula is C19H24N4O. The van der Waals surface area contributed by atoms with Crippen LogP contribution >= 0.6 is 0 Å². The van der Waals surface area contributed by atoms with E-state index in [1.54, 1.807) is 0 Å². The molecule has 126 valence electrons. The van der Waals surface area contributed by atoms with Crippen LogP contribution in [0.3, 0.4) is 0 Å². The molecule has 1 saturated heterocycles. The van der Waals surface area contributed by atoms with Crippen LogP contribution in [0.2, 0.25) is 0 Å². The number of benzene rings is 1. The SMILES string of the molecule is CC(C)CN1CCCC(c2cc3[nH]c(=O)c4ccccc4n3n2)C1. The molecule has 1 N–H and O–H groups in total. The zero-order chi connectivity index (χ0) is 16.7. The monoisotopic (exact) mass is 324 g/mol. The lowest BCUT2D eigenvalue weighted by Crippen LogP contribution is -2.36. The van der Waals surface area contributed by atoms with Crippen molar-refractivity contribution in [1.29, 1.82) is 0 Å². The van der Waals surface area contributed by atoms with Crippen LogP contribution in [0.5, 0.6) is 0 Å². The first-order valence-electron chi connectivity index (χ1n) is 8.85. The predicted octanol–water partition coefficient (Wildman–Crippen LogP) is 3.01. The van der Waals surface area contributed by atoms with Gasteiger partial charge in [0, 0.05) is 25.1 Å². The van der Waals surface area contributed by atoms with Gasteiger partial charge in [0.15, 0.2) is 0 Å². The summed E-state index contributed by atoms with van der Waals surface area (Å²) in [6.07, 6.45) is 2.38. The molecule has 0 saturated carbocycles. The van der Waals surface area contributed by atoms with E-state index >= 15 is 0 Å². The van der Waals surface area contributed by atoms with Crippen LogP contribution in [-0.4, -0.2) is 39.1 Å². The molecule has 1 aliphatic rings. The topological polar surface area (TPSA) is 53.4 Å². The Hall–Kier alpha value is -2.14. The van der Waals surface area contributed by atoms with Gasteiger partial charge in [-0.05, 0) is 37.4 Å². The molecular weight excluding hydrogens is 300 g/mol. The standard InChI is InChI=1S/C19H24N4O/c1-13(2)11-22-9-5-6-14(12-22)16-10-18-20-19(24)15-7-3-4-8-17(15)23(18)21-16/h3-4,7-8,10,13-14H,5-6,9,11-12H2,1-2H3,(H,20,24). The van der Waals surface area contributed by atoms with Crippen molar-refractivity contribution in [1.82, 2.24) is 19.5 Å². The third kappa shape index (κ3) is 2.73. The van der Waals surface area contributed by atoms with Gasteiger partial charge < -0.3 is 9.88 Å². The number of piperidine rings is 1. The van der Waals surface area contributed by atoms with E-state index in [2.05, 4.69) is 29.8 Å². The average molecular weight is 324 g/mol. The summed E-state index contributed by atoms with van der Waals surface area (Å²) in [6, 6.07) is 9.70. The Morgan fingerprint density at radius 3 is 3.00 bits per heavy atom. The van der Waals surface area contributed by atoms with Crippen molar-refractivity contribution in [2.75, 3.05) is 19.6 Å². The van der Waals surface area contributed by atoms with Crippen LogP contribution in [0.1, 0.15) is 38.3 Å². The van der Waals surface area contributed by atoms with Crippen LogP contribution in [-0.2, 0) is 0 Å². The number of aromatic nitrogens is 3. The Morgan fingerprint density at radius 1 is 1.33 bits per heavy atom. The van der Waals surface area contributed by atoms with Gasteiger partial charge in [-0.1, -0.05) is 26.0 Å². The van der Waals surface area contributed by atoms with Gasteiger partial charge in [0.2, 0.25) is 0 Å². The number of para-hydroxylation sites is 1. The number of hydrogen-bond acceptors (Lipinski definition) is 3. The van der Waals surface area contributed by atoms with Gasteiger partial charge in [-0.3, -0.25) is 4.79 Å². The van der Waals surface area contributed by atoms with Crippen LogP contribution in [0.25, 0.3) is 16.6 Å². The van der Waals surface area contributed by atoms with Gasteiger partial charge in [-0.15, -0.1) is 0 Å². The summed E-state index contributed by atoms with van der Waals surface area (Å²) in [7, 11) is 0. The fraction of sp³-hybridized carbons (Fsp3) is 0.474. The molecule has 1 aromatic carbocycles. The second-order valence-corrected chi connectivity index (χ2v) is 7.33. The van der Waals surface area contributed by atoms with Crippen molar-refractivity contribution in [3.63, 3.8) is 0 Å². The lowest BCUT2D eigenvalue weighted by Gasteiger charge is -2.32. The Balaban J connectivity index is 1.72. The zero-order valence-corrected chi connectivity index (χ0v) is 14.3. The third-order valence-corrected chi connectivity index (χ3v) is 4.89. The quantitative estimate of drug-likeness (QED) is 0.806. The van der Waals surface area contributed by atoms with E-state index in [-0.39, 0.29) is 5.56 Å². The molecule has 2 aromatic heterocycles. The molecule has 0 spiro atoms. The lowest BCUT2D eigenvalue weighted by molar-refractivity contribution is 0.186. The molecule has 3 heterocycles. The highest BCUT2D eigenvalue weighted by atomic mass is 16.1. The Labute approximate surface area is 141 Å². The molecule has 0 radical (unpaired) electrons. The Morgan fingerprint density at radius 2 is 2.17 bits per heavy atom. The van der Waals surface area contributed by atoms with E-state index in [1.165, 1.54) is 19.4 Å².